The third-order valence-corrected chi connectivity index (χ3v) is 4.01. The fraction of sp³-hybridized carbons (Fsp3) is 0.889. The van der Waals surface area contributed by atoms with Crippen molar-refractivity contribution in [3.8, 4) is 0 Å². The normalized spacial score (nSPS) is 19.2. The molecule has 1 aliphatic heterocycles. The zero-order valence-corrected chi connectivity index (χ0v) is 11.1. The molecule has 0 aromatic rings. The summed E-state index contributed by atoms with van der Waals surface area (Å²) >= 11 is 0. The van der Waals surface area contributed by atoms with Crippen LogP contribution in [0.25, 0.3) is 0 Å². The van der Waals surface area contributed by atoms with Gasteiger partial charge < -0.3 is 10.6 Å². The standard InChI is InChI=1S/C9H16F3N3O3S/c1-19(17,18)15-4-2-7(3-5-15)14-8(16)13-6-9(10,11)12/h7H,2-6H2,1H3,(H2,13,14,16). The second kappa shape index (κ2) is 5.95. The van der Waals surface area contributed by atoms with Crippen LogP contribution in [0.15, 0.2) is 0 Å². The van der Waals surface area contributed by atoms with Crippen LogP contribution in [-0.2, 0) is 10.0 Å². The summed E-state index contributed by atoms with van der Waals surface area (Å²) in [6.07, 6.45) is -2.59. The van der Waals surface area contributed by atoms with Gasteiger partial charge in [0.05, 0.1) is 6.26 Å². The lowest BCUT2D eigenvalue weighted by atomic mass is 10.1. The topological polar surface area (TPSA) is 78.5 Å². The molecule has 0 radical (unpaired) electrons. The van der Waals surface area contributed by atoms with E-state index >= 15 is 0 Å². The lowest BCUT2D eigenvalue weighted by molar-refractivity contribution is -0.122. The third-order valence-electron chi connectivity index (χ3n) is 2.71. The second-order valence-electron chi connectivity index (χ2n) is 4.38. The number of sulfonamides is 1. The molecule has 0 aromatic carbocycles. The number of amides is 2. The van der Waals surface area contributed by atoms with Crippen LogP contribution >= 0.6 is 0 Å². The van der Waals surface area contributed by atoms with Crippen molar-refractivity contribution in [3.05, 3.63) is 0 Å². The average Bonchev–Trinajstić information content (AvgIpc) is 2.25. The molecule has 0 aromatic heterocycles. The number of nitrogens with one attached hydrogen (secondary N) is 2. The van der Waals surface area contributed by atoms with Crippen LogP contribution in [0.5, 0.6) is 0 Å². The summed E-state index contributed by atoms with van der Waals surface area (Å²) in [6.45, 7) is -0.882. The highest BCUT2D eigenvalue weighted by Gasteiger charge is 2.29. The van der Waals surface area contributed by atoms with Gasteiger partial charge in [-0.15, -0.1) is 0 Å². The summed E-state index contributed by atoms with van der Waals surface area (Å²) in [4.78, 5) is 11.2. The van der Waals surface area contributed by atoms with E-state index < -0.39 is 28.8 Å². The van der Waals surface area contributed by atoms with Gasteiger partial charge in [0.25, 0.3) is 0 Å². The molecule has 0 atom stereocenters. The van der Waals surface area contributed by atoms with Gasteiger partial charge >= 0.3 is 12.2 Å². The molecule has 10 heteroatoms. The van der Waals surface area contributed by atoms with E-state index in [1.807, 2.05) is 0 Å². The van der Waals surface area contributed by atoms with Gasteiger partial charge in [-0.05, 0) is 12.8 Å². The summed E-state index contributed by atoms with van der Waals surface area (Å²) in [5, 5.41) is 4.10. The molecule has 0 saturated carbocycles. The lowest BCUT2D eigenvalue weighted by Gasteiger charge is -2.30. The molecule has 19 heavy (non-hydrogen) atoms. The predicted molar refractivity (Wildman–Crippen MR) is 62.0 cm³/mol. The number of carbonyl (C=O) groups excluding carboxylic acids is 1. The molecule has 0 aliphatic carbocycles. The van der Waals surface area contributed by atoms with Crippen molar-refractivity contribution in [2.45, 2.75) is 25.1 Å². The van der Waals surface area contributed by atoms with E-state index in [-0.39, 0.29) is 19.1 Å². The summed E-state index contributed by atoms with van der Waals surface area (Å²) in [6, 6.07) is -1.21. The van der Waals surface area contributed by atoms with Crippen LogP contribution < -0.4 is 10.6 Å². The Balaban J connectivity index is 2.31. The number of alkyl halides is 3. The number of piperidine rings is 1. The van der Waals surface area contributed by atoms with Gasteiger partial charge in [-0.2, -0.15) is 13.2 Å². The molecule has 112 valence electrons. The zero-order chi connectivity index (χ0) is 14.7. The molecule has 0 spiro atoms. The number of hydrogen-bond donors (Lipinski definition) is 2. The van der Waals surface area contributed by atoms with E-state index in [0.717, 1.165) is 6.26 Å². The molecule has 1 heterocycles. The van der Waals surface area contributed by atoms with Crippen molar-refractivity contribution in [3.63, 3.8) is 0 Å². The molecule has 0 unspecified atom stereocenters. The maximum Gasteiger partial charge on any atom is 0.405 e. The third kappa shape index (κ3) is 6.10. The lowest BCUT2D eigenvalue weighted by Crippen LogP contribution is -2.50. The van der Waals surface area contributed by atoms with Gasteiger partial charge in [0.1, 0.15) is 6.54 Å². The molecule has 1 rings (SSSR count). The van der Waals surface area contributed by atoms with Crippen molar-refractivity contribution in [1.82, 2.24) is 14.9 Å². The zero-order valence-electron chi connectivity index (χ0n) is 10.3. The minimum atomic E-state index is -4.45. The predicted octanol–water partition coefficient (Wildman–Crippen LogP) is 0.272. The Kier molecular flexibility index (Phi) is 5.02. The van der Waals surface area contributed by atoms with Crippen molar-refractivity contribution in [1.29, 1.82) is 0 Å². The van der Waals surface area contributed by atoms with Crippen molar-refractivity contribution < 1.29 is 26.4 Å². The quantitative estimate of drug-likeness (QED) is 0.785. The fourth-order valence-electron chi connectivity index (χ4n) is 1.75. The summed E-state index contributed by atoms with van der Waals surface area (Å²) in [5.41, 5.74) is 0. The van der Waals surface area contributed by atoms with Crippen molar-refractivity contribution in [2.75, 3.05) is 25.9 Å². The molecular formula is C9H16F3N3O3S. The molecule has 2 amide bonds. The van der Waals surface area contributed by atoms with E-state index in [2.05, 4.69) is 5.32 Å². The van der Waals surface area contributed by atoms with Gasteiger partial charge in [0, 0.05) is 19.1 Å². The maximum atomic E-state index is 11.9. The monoisotopic (exact) mass is 303 g/mol. The number of rotatable bonds is 3. The first-order valence-electron chi connectivity index (χ1n) is 5.64. The molecule has 1 aliphatic rings. The summed E-state index contributed by atoms with van der Waals surface area (Å²) < 4.78 is 59.3. The van der Waals surface area contributed by atoms with E-state index in [9.17, 15) is 26.4 Å². The van der Waals surface area contributed by atoms with Crippen LogP contribution in [0.3, 0.4) is 0 Å². The van der Waals surface area contributed by atoms with Crippen molar-refractivity contribution in [2.24, 2.45) is 0 Å². The van der Waals surface area contributed by atoms with Crippen LogP contribution in [0.1, 0.15) is 12.8 Å². The van der Waals surface area contributed by atoms with Crippen LogP contribution in [-0.4, -0.2) is 56.9 Å². The highest BCUT2D eigenvalue weighted by molar-refractivity contribution is 7.88. The summed E-state index contributed by atoms with van der Waals surface area (Å²) in [7, 11) is -3.25. The molecule has 6 nitrogen and oxygen atoms in total. The molecule has 0 bridgehead atoms. The number of urea groups is 1. The Morgan fingerprint density at radius 1 is 1.32 bits per heavy atom. The number of nitrogens with zero attached hydrogens (tertiary/aromatic N) is 1. The largest absolute Gasteiger partial charge is 0.405 e. The van der Waals surface area contributed by atoms with Crippen LogP contribution in [0, 0.1) is 0 Å². The van der Waals surface area contributed by atoms with Gasteiger partial charge in [0.15, 0.2) is 0 Å². The highest BCUT2D eigenvalue weighted by Crippen LogP contribution is 2.14. The molecule has 1 saturated heterocycles. The number of halogens is 3. The highest BCUT2D eigenvalue weighted by atomic mass is 32.2. The number of hydrogen-bond acceptors (Lipinski definition) is 3. The Hall–Kier alpha value is -1.03. The number of carbonyl (C=O) groups is 1. The van der Waals surface area contributed by atoms with Gasteiger partial charge in [-0.3, -0.25) is 0 Å². The van der Waals surface area contributed by atoms with Crippen LogP contribution in [0.4, 0.5) is 18.0 Å². The van der Waals surface area contributed by atoms with Gasteiger partial charge in [-0.25, -0.2) is 17.5 Å². The smallest absolute Gasteiger partial charge is 0.335 e. The fourth-order valence-corrected chi connectivity index (χ4v) is 2.62. The Bertz CT molecular complexity index is 416. The van der Waals surface area contributed by atoms with Gasteiger partial charge in [0.2, 0.25) is 10.0 Å². The van der Waals surface area contributed by atoms with Gasteiger partial charge in [-0.1, -0.05) is 0 Å². The first-order chi connectivity index (χ1) is 8.58. The molecule has 1 fully saturated rings. The van der Waals surface area contributed by atoms with E-state index in [0.29, 0.717) is 12.8 Å². The van der Waals surface area contributed by atoms with Crippen molar-refractivity contribution >= 4 is 16.1 Å². The molecular weight excluding hydrogens is 287 g/mol. The van der Waals surface area contributed by atoms with E-state index in [1.165, 1.54) is 4.31 Å². The Morgan fingerprint density at radius 2 is 1.84 bits per heavy atom. The van der Waals surface area contributed by atoms with Crippen LogP contribution in [0.2, 0.25) is 0 Å². The maximum absolute atomic E-state index is 11.9. The minimum Gasteiger partial charge on any atom is -0.335 e. The Morgan fingerprint density at radius 3 is 2.26 bits per heavy atom. The second-order valence-corrected chi connectivity index (χ2v) is 6.36. The molecule has 2 N–H and O–H groups in total. The first-order valence-corrected chi connectivity index (χ1v) is 7.49. The first kappa shape index (κ1) is 16.0. The van der Waals surface area contributed by atoms with E-state index in [4.69, 9.17) is 0 Å². The average molecular weight is 303 g/mol. The van der Waals surface area contributed by atoms with E-state index in [1.54, 1.807) is 5.32 Å². The summed E-state index contributed by atoms with van der Waals surface area (Å²) in [5.74, 6) is 0. The Labute approximate surface area is 109 Å². The minimum absolute atomic E-state index is 0.253. The SMILES string of the molecule is CS(=O)(=O)N1CCC(NC(=O)NCC(F)(F)F)CC1.